The molecule has 0 aromatic carbocycles. The Labute approximate surface area is 90.5 Å². The van der Waals surface area contributed by atoms with E-state index in [1.165, 1.54) is 11.3 Å². The molecule has 1 saturated heterocycles. The Hall–Kier alpha value is -1.01. The summed E-state index contributed by atoms with van der Waals surface area (Å²) in [4.78, 5) is 15.4. The van der Waals surface area contributed by atoms with Crippen LogP contribution in [0.4, 0.5) is 4.39 Å². The summed E-state index contributed by atoms with van der Waals surface area (Å²) in [5, 5.41) is 4.21. The molecule has 0 radical (unpaired) electrons. The Bertz CT molecular complexity index is 331. The molecule has 15 heavy (non-hydrogen) atoms. The average molecular weight is 230 g/mol. The summed E-state index contributed by atoms with van der Waals surface area (Å²) in [5.74, 6) is -0.339. The van der Waals surface area contributed by atoms with Crippen LogP contribution in [0.3, 0.4) is 0 Å². The van der Waals surface area contributed by atoms with E-state index in [2.05, 4.69) is 10.3 Å². The van der Waals surface area contributed by atoms with Crippen molar-refractivity contribution in [2.45, 2.75) is 25.2 Å². The first-order valence-electron chi connectivity index (χ1n) is 4.72. The van der Waals surface area contributed by atoms with Crippen molar-refractivity contribution >= 4 is 17.2 Å². The Kier molecular flexibility index (Phi) is 3.27. The van der Waals surface area contributed by atoms with Gasteiger partial charge in [-0.25, -0.2) is 9.37 Å². The number of ether oxygens (including phenoxy) is 1. The van der Waals surface area contributed by atoms with Crippen LogP contribution in [-0.2, 0) is 4.74 Å². The maximum Gasteiger partial charge on any atom is 0.271 e. The Morgan fingerprint density at radius 2 is 2.60 bits per heavy atom. The lowest BCUT2D eigenvalue weighted by Crippen LogP contribution is -2.45. The molecule has 0 bridgehead atoms. The smallest absolute Gasteiger partial charge is 0.271 e. The molecule has 2 atom stereocenters. The molecule has 2 unspecified atom stereocenters. The predicted molar refractivity (Wildman–Crippen MR) is 53.5 cm³/mol. The second-order valence-electron chi connectivity index (χ2n) is 3.32. The molecule has 2 heterocycles. The van der Waals surface area contributed by atoms with Crippen molar-refractivity contribution in [3.8, 4) is 0 Å². The van der Waals surface area contributed by atoms with Gasteiger partial charge in [-0.2, -0.15) is 0 Å². The molecular formula is C9H11FN2O2S. The van der Waals surface area contributed by atoms with Crippen molar-refractivity contribution in [2.24, 2.45) is 0 Å². The zero-order valence-corrected chi connectivity index (χ0v) is 8.80. The summed E-state index contributed by atoms with van der Waals surface area (Å²) in [6, 6.07) is -0.548. The third kappa shape index (κ3) is 2.51. The molecule has 1 amide bonds. The molecule has 0 saturated carbocycles. The number of nitrogens with zero attached hydrogens (tertiary/aromatic N) is 1. The number of aromatic nitrogens is 1. The van der Waals surface area contributed by atoms with Gasteiger partial charge in [0, 0.05) is 5.38 Å². The minimum Gasteiger partial charge on any atom is -0.347 e. The minimum atomic E-state index is -1.40. The summed E-state index contributed by atoms with van der Waals surface area (Å²) in [7, 11) is 0. The molecule has 1 N–H and O–H groups in total. The third-order valence-electron chi connectivity index (χ3n) is 2.23. The molecule has 1 aromatic heterocycles. The largest absolute Gasteiger partial charge is 0.347 e. The van der Waals surface area contributed by atoms with Crippen LogP contribution in [0.1, 0.15) is 23.3 Å². The van der Waals surface area contributed by atoms with Gasteiger partial charge in [-0.05, 0) is 12.8 Å². The van der Waals surface area contributed by atoms with Gasteiger partial charge in [-0.1, -0.05) is 0 Å². The highest BCUT2D eigenvalue weighted by atomic mass is 32.1. The lowest BCUT2D eigenvalue weighted by atomic mass is 10.1. The summed E-state index contributed by atoms with van der Waals surface area (Å²) < 4.78 is 18.0. The summed E-state index contributed by atoms with van der Waals surface area (Å²) in [5.41, 5.74) is 1.90. The molecule has 0 aliphatic carbocycles. The van der Waals surface area contributed by atoms with Crippen LogP contribution in [0, 0.1) is 0 Å². The fourth-order valence-corrected chi connectivity index (χ4v) is 1.98. The van der Waals surface area contributed by atoms with Crippen LogP contribution >= 0.6 is 11.3 Å². The van der Waals surface area contributed by atoms with E-state index in [0.717, 1.165) is 6.42 Å². The molecule has 1 aliphatic heterocycles. The molecule has 4 nitrogen and oxygen atoms in total. The van der Waals surface area contributed by atoms with E-state index in [9.17, 15) is 9.18 Å². The van der Waals surface area contributed by atoms with E-state index >= 15 is 0 Å². The Morgan fingerprint density at radius 1 is 1.73 bits per heavy atom. The number of carbonyl (C=O) groups excluding carboxylic acids is 1. The van der Waals surface area contributed by atoms with Crippen LogP contribution in [0.2, 0.25) is 0 Å². The zero-order chi connectivity index (χ0) is 10.7. The molecule has 2 rings (SSSR count). The van der Waals surface area contributed by atoms with Crippen molar-refractivity contribution in [3.05, 3.63) is 16.6 Å². The van der Waals surface area contributed by atoms with Crippen LogP contribution < -0.4 is 5.32 Å². The first kappa shape index (κ1) is 10.5. The van der Waals surface area contributed by atoms with E-state index in [1.807, 2.05) is 0 Å². The van der Waals surface area contributed by atoms with Crippen molar-refractivity contribution in [2.75, 3.05) is 6.61 Å². The standard InChI is InChI=1S/C9H11FN2O2S/c10-8-6(2-1-3-14-8)12-9(13)7-4-15-5-11-7/h4-6,8H,1-3H2,(H,12,13). The van der Waals surface area contributed by atoms with E-state index in [0.29, 0.717) is 18.7 Å². The molecule has 1 aromatic rings. The summed E-state index contributed by atoms with van der Waals surface area (Å²) >= 11 is 1.33. The van der Waals surface area contributed by atoms with Crippen LogP contribution in [0.5, 0.6) is 0 Å². The van der Waals surface area contributed by atoms with Gasteiger partial charge in [0.05, 0.1) is 18.2 Å². The van der Waals surface area contributed by atoms with Crippen molar-refractivity contribution in [3.63, 3.8) is 0 Å². The van der Waals surface area contributed by atoms with Gasteiger partial charge in [0.2, 0.25) is 6.36 Å². The number of rotatable bonds is 2. The number of hydrogen-bond acceptors (Lipinski definition) is 4. The highest BCUT2D eigenvalue weighted by Gasteiger charge is 2.27. The van der Waals surface area contributed by atoms with Gasteiger partial charge in [0.1, 0.15) is 5.69 Å². The summed E-state index contributed by atoms with van der Waals surface area (Å²) in [6.07, 6.45) is -0.0271. The topological polar surface area (TPSA) is 51.2 Å². The normalized spacial score (nSPS) is 26.2. The number of amides is 1. The van der Waals surface area contributed by atoms with Gasteiger partial charge in [-0.15, -0.1) is 11.3 Å². The second kappa shape index (κ2) is 4.67. The van der Waals surface area contributed by atoms with Crippen LogP contribution in [0.15, 0.2) is 10.9 Å². The van der Waals surface area contributed by atoms with E-state index in [1.54, 1.807) is 10.9 Å². The van der Waals surface area contributed by atoms with E-state index in [4.69, 9.17) is 4.74 Å². The molecule has 1 aliphatic rings. The van der Waals surface area contributed by atoms with Crippen molar-refractivity contribution < 1.29 is 13.9 Å². The van der Waals surface area contributed by atoms with Crippen molar-refractivity contribution in [1.29, 1.82) is 0 Å². The van der Waals surface area contributed by atoms with Gasteiger partial charge < -0.3 is 10.1 Å². The fourth-order valence-electron chi connectivity index (χ4n) is 1.45. The molecular weight excluding hydrogens is 219 g/mol. The lowest BCUT2D eigenvalue weighted by molar-refractivity contribution is -0.0871. The maximum atomic E-state index is 13.2. The van der Waals surface area contributed by atoms with Crippen LogP contribution in [0.25, 0.3) is 0 Å². The Morgan fingerprint density at radius 3 is 3.27 bits per heavy atom. The van der Waals surface area contributed by atoms with Crippen LogP contribution in [-0.4, -0.2) is 29.9 Å². The van der Waals surface area contributed by atoms with Crippen molar-refractivity contribution in [1.82, 2.24) is 10.3 Å². The number of alkyl halides is 1. The molecule has 82 valence electrons. The fraction of sp³-hybridized carbons (Fsp3) is 0.556. The SMILES string of the molecule is O=C(NC1CCCOC1F)c1cscn1. The Balaban J connectivity index is 1.93. The number of thiazole rings is 1. The quantitative estimate of drug-likeness (QED) is 0.834. The first-order chi connectivity index (χ1) is 7.27. The minimum absolute atomic E-state index is 0.331. The van der Waals surface area contributed by atoms with E-state index in [-0.39, 0.29) is 5.91 Å². The van der Waals surface area contributed by atoms with Gasteiger partial charge in [0.15, 0.2) is 0 Å². The average Bonchev–Trinajstić information content (AvgIpc) is 2.74. The molecule has 1 fully saturated rings. The lowest BCUT2D eigenvalue weighted by Gasteiger charge is -2.26. The van der Waals surface area contributed by atoms with Gasteiger partial charge in [0.25, 0.3) is 5.91 Å². The molecule has 0 spiro atoms. The number of halogens is 1. The number of nitrogens with one attached hydrogen (secondary N) is 1. The number of hydrogen-bond donors (Lipinski definition) is 1. The zero-order valence-electron chi connectivity index (χ0n) is 7.98. The molecule has 6 heteroatoms. The highest BCUT2D eigenvalue weighted by Crippen LogP contribution is 2.15. The predicted octanol–water partition coefficient (Wildman–Crippen LogP) is 1.35. The van der Waals surface area contributed by atoms with Gasteiger partial charge in [-0.3, -0.25) is 4.79 Å². The maximum absolute atomic E-state index is 13.2. The first-order valence-corrected chi connectivity index (χ1v) is 5.66. The van der Waals surface area contributed by atoms with Gasteiger partial charge >= 0.3 is 0 Å². The highest BCUT2D eigenvalue weighted by molar-refractivity contribution is 7.07. The number of carbonyl (C=O) groups is 1. The second-order valence-corrected chi connectivity index (χ2v) is 4.04. The monoisotopic (exact) mass is 230 g/mol. The summed E-state index contributed by atoms with van der Waals surface area (Å²) in [6.45, 7) is 0.421. The van der Waals surface area contributed by atoms with E-state index < -0.39 is 12.4 Å². The third-order valence-corrected chi connectivity index (χ3v) is 2.82.